The van der Waals surface area contributed by atoms with Crippen LogP contribution in [-0.4, -0.2) is 26.8 Å². The average molecular weight is 530 g/mol. The lowest BCUT2D eigenvalue weighted by molar-refractivity contribution is -0.110. The van der Waals surface area contributed by atoms with Gasteiger partial charge in [-0.2, -0.15) is 0 Å². The van der Waals surface area contributed by atoms with E-state index in [2.05, 4.69) is 5.32 Å². The van der Waals surface area contributed by atoms with E-state index >= 15 is 0 Å². The highest BCUT2D eigenvalue weighted by atomic mass is 35.5. The molecule has 1 aliphatic carbocycles. The Bertz CT molecular complexity index is 1440. The predicted molar refractivity (Wildman–Crippen MR) is 140 cm³/mol. The van der Waals surface area contributed by atoms with Crippen LogP contribution < -0.4 is 5.32 Å². The van der Waals surface area contributed by atoms with Gasteiger partial charge in [0.15, 0.2) is 5.78 Å². The summed E-state index contributed by atoms with van der Waals surface area (Å²) in [6, 6.07) is 10.6. The van der Waals surface area contributed by atoms with E-state index in [9.17, 15) is 20.1 Å². The van der Waals surface area contributed by atoms with E-state index in [1.807, 2.05) is 0 Å². The van der Waals surface area contributed by atoms with Crippen molar-refractivity contribution in [3.63, 3.8) is 0 Å². The number of phenolic OH excluding ortho intramolecular Hbond substituents is 3. The van der Waals surface area contributed by atoms with Gasteiger partial charge < -0.3 is 20.6 Å². The number of ketones is 1. The molecule has 3 aromatic carbocycles. The molecule has 0 amide bonds. The predicted octanol–water partition coefficient (Wildman–Crippen LogP) is 7.09. The van der Waals surface area contributed by atoms with E-state index in [4.69, 9.17) is 39.8 Å². The Kier molecular flexibility index (Phi) is 7.08. The first kappa shape index (κ1) is 24.7. The fraction of sp³-hybridized carbons (Fsp3) is 0.0769. The van der Waals surface area contributed by atoms with Gasteiger partial charge in [0.1, 0.15) is 17.2 Å². The van der Waals surface area contributed by atoms with E-state index in [1.54, 1.807) is 19.1 Å². The average Bonchev–Trinajstić information content (AvgIpc) is 2.78. The molecule has 0 bridgehead atoms. The number of halogens is 3. The summed E-state index contributed by atoms with van der Waals surface area (Å²) in [7, 11) is 0. The van der Waals surface area contributed by atoms with Crippen molar-refractivity contribution < 1.29 is 20.1 Å². The Morgan fingerprint density at radius 2 is 1.57 bits per heavy atom. The zero-order valence-corrected chi connectivity index (χ0v) is 20.6. The molecule has 35 heavy (non-hydrogen) atoms. The summed E-state index contributed by atoms with van der Waals surface area (Å²) in [6.45, 7) is 1.79. The van der Waals surface area contributed by atoms with Crippen LogP contribution in [0.3, 0.4) is 0 Å². The Hall–Kier alpha value is -3.45. The highest BCUT2D eigenvalue weighted by Crippen LogP contribution is 2.42. The molecular weight excluding hydrogens is 511 g/mol. The van der Waals surface area contributed by atoms with E-state index in [-0.39, 0.29) is 39.5 Å². The number of benzene rings is 3. The van der Waals surface area contributed by atoms with E-state index in [0.29, 0.717) is 44.5 Å². The number of rotatable bonds is 5. The quantitative estimate of drug-likeness (QED) is 0.209. The molecule has 3 aromatic rings. The first-order valence-corrected chi connectivity index (χ1v) is 11.5. The third-order valence-electron chi connectivity index (χ3n) is 5.43. The molecule has 0 unspecified atom stereocenters. The monoisotopic (exact) mass is 528 g/mol. The number of aromatic hydroxyl groups is 3. The second-order valence-corrected chi connectivity index (χ2v) is 9.08. The molecule has 9 heteroatoms. The SMILES string of the molecule is Cc1c(Cc2ccc(O)cc2Cl)c(O)cc(Nc2ccc(O)cc2Cl)c1N=C1C=CC(=O)C=C1Cl. The van der Waals surface area contributed by atoms with Crippen molar-refractivity contribution in [1.82, 2.24) is 0 Å². The molecule has 1 aliphatic rings. The van der Waals surface area contributed by atoms with Gasteiger partial charge in [0.05, 0.1) is 32.8 Å². The van der Waals surface area contributed by atoms with Crippen LogP contribution in [-0.2, 0) is 11.2 Å². The van der Waals surface area contributed by atoms with E-state index < -0.39 is 0 Å². The molecule has 178 valence electrons. The molecule has 0 heterocycles. The Balaban J connectivity index is 1.86. The standard InChI is InChI=1S/C26H19Cl3N2O4/c1-13-18(8-14-2-3-15(32)9-19(14)27)25(35)12-24(30-22-6-4-16(33)10-20(22)28)26(13)31-23-7-5-17(34)11-21(23)29/h2-7,9-12,30,32-33,35H,8H2,1H3. The molecule has 0 saturated carbocycles. The van der Waals surface area contributed by atoms with Gasteiger partial charge in [-0.3, -0.25) is 4.79 Å². The maximum Gasteiger partial charge on any atom is 0.180 e. The topological polar surface area (TPSA) is 102 Å². The summed E-state index contributed by atoms with van der Waals surface area (Å²) in [6.07, 6.45) is 4.43. The van der Waals surface area contributed by atoms with Gasteiger partial charge in [0, 0.05) is 35.2 Å². The summed E-state index contributed by atoms with van der Waals surface area (Å²) >= 11 is 18.8. The highest BCUT2D eigenvalue weighted by Gasteiger charge is 2.19. The van der Waals surface area contributed by atoms with Gasteiger partial charge in [-0.05, 0) is 54.5 Å². The number of nitrogens with zero attached hydrogens (tertiary/aromatic N) is 1. The molecule has 0 aliphatic heterocycles. The number of anilines is 2. The van der Waals surface area contributed by atoms with Gasteiger partial charge >= 0.3 is 0 Å². The summed E-state index contributed by atoms with van der Waals surface area (Å²) in [4.78, 5) is 16.4. The molecule has 0 saturated heterocycles. The Morgan fingerprint density at radius 1 is 0.886 bits per heavy atom. The van der Waals surface area contributed by atoms with Crippen molar-refractivity contribution in [2.45, 2.75) is 13.3 Å². The summed E-state index contributed by atoms with van der Waals surface area (Å²) in [5, 5.41) is 34.2. The molecule has 0 aromatic heterocycles. The van der Waals surface area contributed by atoms with Crippen molar-refractivity contribution >= 4 is 63.4 Å². The van der Waals surface area contributed by atoms with Crippen molar-refractivity contribution in [2.24, 2.45) is 4.99 Å². The normalized spacial score (nSPS) is 14.3. The van der Waals surface area contributed by atoms with Crippen molar-refractivity contribution in [2.75, 3.05) is 5.32 Å². The third-order valence-corrected chi connectivity index (χ3v) is 6.40. The summed E-state index contributed by atoms with van der Waals surface area (Å²) in [5.41, 5.74) is 3.63. The first-order valence-electron chi connectivity index (χ1n) is 10.4. The van der Waals surface area contributed by atoms with Gasteiger partial charge in [-0.25, -0.2) is 4.99 Å². The maximum atomic E-state index is 11.7. The number of hydrogen-bond acceptors (Lipinski definition) is 6. The molecule has 0 radical (unpaired) electrons. The zero-order chi connectivity index (χ0) is 25.3. The van der Waals surface area contributed by atoms with Crippen LogP contribution in [0.15, 0.2) is 70.7 Å². The van der Waals surface area contributed by atoms with Crippen LogP contribution in [0.1, 0.15) is 16.7 Å². The number of aliphatic imine (C=N–C) groups is 1. The minimum atomic E-state index is -0.242. The molecule has 0 spiro atoms. The second kappa shape index (κ2) is 10.0. The van der Waals surface area contributed by atoms with Crippen LogP contribution in [0.25, 0.3) is 0 Å². The lowest BCUT2D eigenvalue weighted by Crippen LogP contribution is -2.05. The fourth-order valence-corrected chi connectivity index (χ4v) is 4.29. The van der Waals surface area contributed by atoms with Crippen molar-refractivity contribution in [1.29, 1.82) is 0 Å². The van der Waals surface area contributed by atoms with Crippen molar-refractivity contribution in [3.05, 3.63) is 92.5 Å². The Morgan fingerprint density at radius 3 is 2.23 bits per heavy atom. The summed E-state index contributed by atoms with van der Waals surface area (Å²) in [5.74, 6) is -0.204. The minimum absolute atomic E-state index is 0.00935. The van der Waals surface area contributed by atoms with Crippen LogP contribution in [0.2, 0.25) is 10.0 Å². The smallest absolute Gasteiger partial charge is 0.180 e. The molecule has 0 atom stereocenters. The van der Waals surface area contributed by atoms with E-state index in [1.165, 1.54) is 48.6 Å². The summed E-state index contributed by atoms with van der Waals surface area (Å²) < 4.78 is 0. The molecule has 0 fully saturated rings. The lowest BCUT2D eigenvalue weighted by atomic mass is 9.96. The number of hydrogen-bond donors (Lipinski definition) is 4. The number of allylic oxidation sites excluding steroid dienone is 4. The van der Waals surface area contributed by atoms with Crippen LogP contribution >= 0.6 is 34.8 Å². The van der Waals surface area contributed by atoms with E-state index in [0.717, 1.165) is 0 Å². The highest BCUT2D eigenvalue weighted by molar-refractivity contribution is 6.48. The fourth-order valence-electron chi connectivity index (χ4n) is 3.61. The second-order valence-electron chi connectivity index (χ2n) is 7.86. The van der Waals surface area contributed by atoms with Gasteiger partial charge in [0.2, 0.25) is 0 Å². The minimum Gasteiger partial charge on any atom is -0.508 e. The van der Waals surface area contributed by atoms with Crippen molar-refractivity contribution in [3.8, 4) is 17.2 Å². The maximum absolute atomic E-state index is 11.7. The molecule has 6 nitrogen and oxygen atoms in total. The van der Waals surface area contributed by atoms with Gasteiger partial charge in [-0.1, -0.05) is 40.9 Å². The van der Waals surface area contributed by atoms with Gasteiger partial charge in [0.25, 0.3) is 0 Å². The molecular formula is C26H19Cl3N2O4. The first-order chi connectivity index (χ1) is 16.6. The number of carbonyl (C=O) groups is 1. The van der Waals surface area contributed by atoms with Crippen LogP contribution in [0, 0.1) is 6.92 Å². The third kappa shape index (κ3) is 5.46. The van der Waals surface area contributed by atoms with Gasteiger partial charge in [-0.15, -0.1) is 0 Å². The molecule has 4 N–H and O–H groups in total. The lowest BCUT2D eigenvalue weighted by Gasteiger charge is -2.19. The van der Waals surface area contributed by atoms with Crippen LogP contribution in [0.5, 0.6) is 17.2 Å². The molecule has 4 rings (SSSR count). The number of nitrogens with one attached hydrogen (secondary N) is 1. The Labute approximate surface area is 216 Å². The number of carbonyl (C=O) groups excluding carboxylic acids is 1. The van der Waals surface area contributed by atoms with Crippen LogP contribution in [0.4, 0.5) is 17.1 Å². The zero-order valence-electron chi connectivity index (χ0n) is 18.3. The number of phenols is 3. The largest absolute Gasteiger partial charge is 0.508 e.